The van der Waals surface area contributed by atoms with Crippen LogP contribution >= 0.6 is 11.6 Å². The van der Waals surface area contributed by atoms with Crippen LogP contribution in [0.15, 0.2) is 64.6 Å². The number of halogens is 2. The third kappa shape index (κ3) is 4.92. The predicted octanol–water partition coefficient (Wildman–Crippen LogP) is 6.10. The summed E-state index contributed by atoms with van der Waals surface area (Å²) in [5.41, 5.74) is 3.06. The number of hydrogen-bond donors (Lipinski definition) is 1. The number of benzene rings is 2. The Hall–Kier alpha value is -2.50. The van der Waals surface area contributed by atoms with Gasteiger partial charge in [0.15, 0.2) is 0 Å². The first-order chi connectivity index (χ1) is 14.2. The van der Waals surface area contributed by atoms with E-state index < -0.39 is 0 Å². The van der Waals surface area contributed by atoms with Crippen molar-refractivity contribution < 1.29 is 8.81 Å². The molecular weight excluding hydrogens is 389 g/mol. The molecule has 0 unspecified atom stereocenters. The summed E-state index contributed by atoms with van der Waals surface area (Å²) in [6.07, 6.45) is 8.20. The first-order valence-corrected chi connectivity index (χ1v) is 10.3. The Kier molecular flexibility index (Phi) is 6.37. The van der Waals surface area contributed by atoms with Gasteiger partial charge in [-0.05, 0) is 68.5 Å². The van der Waals surface area contributed by atoms with Gasteiger partial charge in [0.25, 0.3) is 0 Å². The minimum absolute atomic E-state index is 0.276. The highest BCUT2D eigenvalue weighted by Crippen LogP contribution is 2.29. The predicted molar refractivity (Wildman–Crippen MR) is 112 cm³/mol. The molecule has 6 heteroatoms. The molecule has 2 aromatic carbocycles. The van der Waals surface area contributed by atoms with Crippen LogP contribution in [0.25, 0.3) is 11.5 Å². The Morgan fingerprint density at radius 1 is 1.07 bits per heavy atom. The van der Waals surface area contributed by atoms with Crippen molar-refractivity contribution in [3.05, 3.63) is 82.5 Å². The van der Waals surface area contributed by atoms with Crippen molar-refractivity contribution in [1.29, 1.82) is 0 Å². The van der Waals surface area contributed by atoms with Gasteiger partial charge in [-0.15, -0.1) is 10.2 Å². The fourth-order valence-electron chi connectivity index (χ4n) is 3.61. The SMILES string of the molecule is Fc1ccc([C@H](NCCC2=CCCCC2)c2nnc(-c3ccccc3Cl)o2)cc1. The fourth-order valence-corrected chi connectivity index (χ4v) is 3.82. The van der Waals surface area contributed by atoms with E-state index in [1.54, 1.807) is 18.2 Å². The molecule has 3 aromatic rings. The Morgan fingerprint density at radius 2 is 1.90 bits per heavy atom. The highest BCUT2D eigenvalue weighted by Gasteiger charge is 2.22. The van der Waals surface area contributed by atoms with Crippen LogP contribution in [0.5, 0.6) is 0 Å². The van der Waals surface area contributed by atoms with Crippen molar-refractivity contribution >= 4 is 11.6 Å². The lowest BCUT2D eigenvalue weighted by Gasteiger charge is -2.18. The van der Waals surface area contributed by atoms with E-state index in [2.05, 4.69) is 21.6 Å². The van der Waals surface area contributed by atoms with E-state index in [1.165, 1.54) is 43.4 Å². The average molecular weight is 412 g/mol. The molecule has 1 heterocycles. The molecule has 4 nitrogen and oxygen atoms in total. The molecule has 29 heavy (non-hydrogen) atoms. The van der Waals surface area contributed by atoms with Gasteiger partial charge in [-0.25, -0.2) is 4.39 Å². The van der Waals surface area contributed by atoms with Gasteiger partial charge in [-0.3, -0.25) is 0 Å². The van der Waals surface area contributed by atoms with Crippen molar-refractivity contribution in [3.8, 4) is 11.5 Å². The monoisotopic (exact) mass is 411 g/mol. The van der Waals surface area contributed by atoms with E-state index in [-0.39, 0.29) is 11.9 Å². The Balaban J connectivity index is 1.56. The van der Waals surface area contributed by atoms with Gasteiger partial charge in [0.2, 0.25) is 11.8 Å². The summed E-state index contributed by atoms with van der Waals surface area (Å²) in [4.78, 5) is 0. The van der Waals surface area contributed by atoms with E-state index in [9.17, 15) is 4.39 Å². The van der Waals surface area contributed by atoms with Crippen LogP contribution in [0.3, 0.4) is 0 Å². The fraction of sp³-hybridized carbons (Fsp3) is 0.304. The summed E-state index contributed by atoms with van der Waals surface area (Å²) in [6.45, 7) is 0.775. The van der Waals surface area contributed by atoms with Crippen molar-refractivity contribution in [2.45, 2.75) is 38.1 Å². The van der Waals surface area contributed by atoms with Crippen molar-refractivity contribution in [3.63, 3.8) is 0 Å². The molecule has 1 aliphatic rings. The first kappa shape index (κ1) is 19.8. The molecule has 0 bridgehead atoms. The molecular formula is C23H23ClFN3O. The van der Waals surface area contributed by atoms with Crippen LogP contribution in [0.1, 0.15) is 49.6 Å². The van der Waals surface area contributed by atoms with E-state index in [4.69, 9.17) is 16.0 Å². The zero-order valence-electron chi connectivity index (χ0n) is 16.1. The maximum atomic E-state index is 13.4. The van der Waals surface area contributed by atoms with Crippen LogP contribution in [-0.4, -0.2) is 16.7 Å². The average Bonchev–Trinajstić information content (AvgIpc) is 3.23. The Morgan fingerprint density at radius 3 is 2.66 bits per heavy atom. The third-order valence-corrected chi connectivity index (χ3v) is 5.50. The molecule has 1 atom stereocenters. The number of rotatable bonds is 7. The molecule has 0 saturated heterocycles. The summed E-state index contributed by atoms with van der Waals surface area (Å²) in [5.74, 6) is 0.529. The van der Waals surface area contributed by atoms with Gasteiger partial charge in [0, 0.05) is 0 Å². The van der Waals surface area contributed by atoms with Crippen LogP contribution in [0.4, 0.5) is 4.39 Å². The molecule has 0 saturated carbocycles. The van der Waals surface area contributed by atoms with E-state index in [0.717, 1.165) is 18.5 Å². The minimum atomic E-state index is -0.316. The number of nitrogens with one attached hydrogen (secondary N) is 1. The lowest BCUT2D eigenvalue weighted by Crippen LogP contribution is -2.24. The highest BCUT2D eigenvalue weighted by atomic mass is 35.5. The second-order valence-electron chi connectivity index (χ2n) is 7.22. The van der Waals surface area contributed by atoms with E-state index in [0.29, 0.717) is 22.4 Å². The van der Waals surface area contributed by atoms with E-state index in [1.807, 2.05) is 18.2 Å². The van der Waals surface area contributed by atoms with Gasteiger partial charge in [-0.2, -0.15) is 0 Å². The second-order valence-corrected chi connectivity index (χ2v) is 7.63. The smallest absolute Gasteiger partial charge is 0.249 e. The van der Waals surface area contributed by atoms with Gasteiger partial charge in [0.05, 0.1) is 10.6 Å². The molecule has 1 aromatic heterocycles. The lowest BCUT2D eigenvalue weighted by molar-refractivity contribution is 0.438. The Bertz CT molecular complexity index is 984. The number of hydrogen-bond acceptors (Lipinski definition) is 4. The minimum Gasteiger partial charge on any atom is -0.419 e. The zero-order valence-corrected chi connectivity index (χ0v) is 16.8. The summed E-state index contributed by atoms with van der Waals surface area (Å²) >= 11 is 6.26. The molecule has 1 aliphatic carbocycles. The van der Waals surface area contributed by atoms with Gasteiger partial charge < -0.3 is 9.73 Å². The number of allylic oxidation sites excluding steroid dienone is 1. The normalized spacial score (nSPS) is 15.2. The van der Waals surface area contributed by atoms with Crippen molar-refractivity contribution in [2.75, 3.05) is 6.54 Å². The van der Waals surface area contributed by atoms with Crippen molar-refractivity contribution in [2.24, 2.45) is 0 Å². The highest BCUT2D eigenvalue weighted by molar-refractivity contribution is 6.33. The van der Waals surface area contributed by atoms with Crippen LogP contribution in [0, 0.1) is 5.82 Å². The first-order valence-electron chi connectivity index (χ1n) is 9.96. The zero-order chi connectivity index (χ0) is 20.1. The topological polar surface area (TPSA) is 51.0 Å². The van der Waals surface area contributed by atoms with Crippen LogP contribution in [0.2, 0.25) is 5.02 Å². The van der Waals surface area contributed by atoms with E-state index >= 15 is 0 Å². The molecule has 4 rings (SSSR count). The summed E-state index contributed by atoms with van der Waals surface area (Å²) in [7, 11) is 0. The molecule has 0 aliphatic heterocycles. The quantitative estimate of drug-likeness (QED) is 0.477. The molecule has 0 spiro atoms. The maximum absolute atomic E-state index is 13.4. The molecule has 0 radical (unpaired) electrons. The lowest BCUT2D eigenvalue weighted by atomic mass is 9.97. The van der Waals surface area contributed by atoms with Gasteiger partial charge >= 0.3 is 0 Å². The van der Waals surface area contributed by atoms with Crippen LogP contribution < -0.4 is 5.32 Å². The molecule has 0 amide bonds. The molecule has 0 fully saturated rings. The van der Waals surface area contributed by atoms with Gasteiger partial charge in [-0.1, -0.05) is 47.5 Å². The van der Waals surface area contributed by atoms with Crippen molar-refractivity contribution in [1.82, 2.24) is 15.5 Å². The maximum Gasteiger partial charge on any atom is 0.249 e. The second kappa shape index (κ2) is 9.33. The largest absolute Gasteiger partial charge is 0.419 e. The van der Waals surface area contributed by atoms with Crippen LogP contribution in [-0.2, 0) is 0 Å². The summed E-state index contributed by atoms with van der Waals surface area (Å²) in [6, 6.07) is 13.4. The number of aromatic nitrogens is 2. The number of nitrogens with zero attached hydrogens (tertiary/aromatic N) is 2. The Labute approximate surface area is 174 Å². The third-order valence-electron chi connectivity index (χ3n) is 5.17. The molecule has 150 valence electrons. The molecule has 1 N–H and O–H groups in total. The van der Waals surface area contributed by atoms with Gasteiger partial charge in [0.1, 0.15) is 11.9 Å². The summed E-state index contributed by atoms with van der Waals surface area (Å²) < 4.78 is 19.4. The standard InChI is InChI=1S/C23H23ClFN3O/c24-20-9-5-4-8-19(20)22-27-28-23(29-22)21(17-10-12-18(25)13-11-17)26-15-14-16-6-2-1-3-7-16/h4-6,8-13,21,26H,1-3,7,14-15H2/t21-/m0/s1. The summed E-state index contributed by atoms with van der Waals surface area (Å²) in [5, 5.41) is 12.5.